The van der Waals surface area contributed by atoms with Crippen LogP contribution in [0.25, 0.3) is 11.1 Å². The van der Waals surface area contributed by atoms with E-state index < -0.39 is 0 Å². The standard InChI is InChI=1S/C16H18O.Na/c1-16(2,3)14-8-4-12(5-9-14)13-6-10-15(17)11-7-13;/h4-11,17H,1-3H3;/q;+1/p-1. The Labute approximate surface area is 131 Å². The van der Waals surface area contributed by atoms with Crippen LogP contribution in [0.3, 0.4) is 0 Å². The van der Waals surface area contributed by atoms with Gasteiger partial charge in [-0.1, -0.05) is 69.3 Å². The van der Waals surface area contributed by atoms with E-state index in [0.717, 1.165) is 11.1 Å². The molecule has 0 unspecified atom stereocenters. The average molecular weight is 248 g/mol. The predicted molar refractivity (Wildman–Crippen MR) is 70.0 cm³/mol. The first-order valence-electron chi connectivity index (χ1n) is 5.85. The van der Waals surface area contributed by atoms with Crippen molar-refractivity contribution in [3.63, 3.8) is 0 Å². The Morgan fingerprint density at radius 1 is 0.722 bits per heavy atom. The molecule has 0 spiro atoms. The number of benzene rings is 2. The molecule has 0 heterocycles. The summed E-state index contributed by atoms with van der Waals surface area (Å²) >= 11 is 0. The minimum absolute atomic E-state index is 0. The molecule has 2 heteroatoms. The Morgan fingerprint density at radius 3 is 1.50 bits per heavy atom. The van der Waals surface area contributed by atoms with Gasteiger partial charge in [0.2, 0.25) is 0 Å². The molecule has 0 amide bonds. The van der Waals surface area contributed by atoms with Gasteiger partial charge in [0.05, 0.1) is 0 Å². The van der Waals surface area contributed by atoms with Gasteiger partial charge < -0.3 is 5.11 Å². The molecule has 0 aliphatic rings. The van der Waals surface area contributed by atoms with Crippen LogP contribution in [0.1, 0.15) is 26.3 Å². The Bertz CT molecular complexity index is 492. The summed E-state index contributed by atoms with van der Waals surface area (Å²) in [6, 6.07) is 15.5. The zero-order chi connectivity index (χ0) is 12.5. The van der Waals surface area contributed by atoms with E-state index >= 15 is 0 Å². The summed E-state index contributed by atoms with van der Waals surface area (Å²) in [5.41, 5.74) is 3.74. The van der Waals surface area contributed by atoms with Gasteiger partial charge >= 0.3 is 29.6 Å². The molecule has 0 atom stereocenters. The maximum atomic E-state index is 11.0. The number of hydrogen-bond donors (Lipinski definition) is 0. The van der Waals surface area contributed by atoms with E-state index in [1.807, 2.05) is 12.1 Å². The quantitative estimate of drug-likeness (QED) is 0.682. The minimum atomic E-state index is 0. The van der Waals surface area contributed by atoms with Gasteiger partial charge in [0.15, 0.2) is 0 Å². The third kappa shape index (κ3) is 3.61. The molecule has 1 nitrogen and oxygen atoms in total. The molecule has 2 rings (SSSR count). The molecular weight excluding hydrogens is 231 g/mol. The van der Waals surface area contributed by atoms with Gasteiger partial charge in [-0.05, 0) is 22.1 Å². The van der Waals surface area contributed by atoms with Crippen molar-refractivity contribution in [2.75, 3.05) is 0 Å². The van der Waals surface area contributed by atoms with Gasteiger partial charge in [-0.3, -0.25) is 0 Å². The largest absolute Gasteiger partial charge is 1.00 e. The molecule has 2 aromatic rings. The smallest absolute Gasteiger partial charge is 0.872 e. The maximum absolute atomic E-state index is 11.0. The molecule has 18 heavy (non-hydrogen) atoms. The van der Waals surface area contributed by atoms with Crippen molar-refractivity contribution in [1.82, 2.24) is 0 Å². The summed E-state index contributed by atoms with van der Waals surface area (Å²) in [5, 5.41) is 11.0. The van der Waals surface area contributed by atoms with E-state index in [1.54, 1.807) is 12.1 Å². The monoisotopic (exact) mass is 248 g/mol. The third-order valence-electron chi connectivity index (χ3n) is 2.94. The van der Waals surface area contributed by atoms with Gasteiger partial charge in [-0.2, -0.15) is 0 Å². The van der Waals surface area contributed by atoms with Crippen LogP contribution in [0.5, 0.6) is 5.75 Å². The van der Waals surface area contributed by atoms with Crippen molar-refractivity contribution in [2.24, 2.45) is 0 Å². The summed E-state index contributed by atoms with van der Waals surface area (Å²) in [5.74, 6) is 0.0556. The second kappa shape index (κ2) is 5.92. The van der Waals surface area contributed by atoms with E-state index in [0.29, 0.717) is 0 Å². The maximum Gasteiger partial charge on any atom is 1.00 e. The van der Waals surface area contributed by atoms with E-state index in [9.17, 15) is 5.11 Å². The Kier molecular flexibility index (Phi) is 5.03. The SMILES string of the molecule is CC(C)(C)c1ccc(-c2ccc([O-])cc2)cc1.[Na+]. The summed E-state index contributed by atoms with van der Waals surface area (Å²) in [6.45, 7) is 6.61. The fourth-order valence-electron chi connectivity index (χ4n) is 1.81. The van der Waals surface area contributed by atoms with Crippen LogP contribution in [-0.2, 0) is 5.41 Å². The predicted octanol–water partition coefficient (Wildman–Crippen LogP) is 0.729. The molecule has 0 aliphatic heterocycles. The Hall–Kier alpha value is -0.760. The van der Waals surface area contributed by atoms with Crippen molar-refractivity contribution in [3.8, 4) is 16.9 Å². The molecule has 0 radical (unpaired) electrons. The van der Waals surface area contributed by atoms with Crippen LogP contribution in [0.4, 0.5) is 0 Å². The zero-order valence-corrected chi connectivity index (χ0v) is 13.5. The minimum Gasteiger partial charge on any atom is -0.872 e. The zero-order valence-electron chi connectivity index (χ0n) is 11.5. The van der Waals surface area contributed by atoms with Gasteiger partial charge in [0, 0.05) is 0 Å². The first-order chi connectivity index (χ1) is 7.97. The molecule has 0 saturated carbocycles. The fourth-order valence-corrected chi connectivity index (χ4v) is 1.81. The van der Waals surface area contributed by atoms with E-state index in [4.69, 9.17) is 0 Å². The van der Waals surface area contributed by atoms with Crippen molar-refractivity contribution >= 4 is 0 Å². The van der Waals surface area contributed by atoms with Crippen LogP contribution in [0.15, 0.2) is 48.5 Å². The first-order valence-corrected chi connectivity index (χ1v) is 5.85. The average Bonchev–Trinajstić information content (AvgIpc) is 2.29. The topological polar surface area (TPSA) is 23.1 Å². The first kappa shape index (κ1) is 15.3. The molecular formula is C16H17NaO. The van der Waals surface area contributed by atoms with E-state index in [-0.39, 0.29) is 40.7 Å². The number of rotatable bonds is 1. The Morgan fingerprint density at radius 2 is 1.11 bits per heavy atom. The van der Waals surface area contributed by atoms with Crippen LogP contribution in [0, 0.1) is 0 Å². The summed E-state index contributed by atoms with van der Waals surface area (Å²) in [7, 11) is 0. The second-order valence-corrected chi connectivity index (χ2v) is 5.35. The summed E-state index contributed by atoms with van der Waals surface area (Å²) in [4.78, 5) is 0. The normalized spacial score (nSPS) is 10.8. The molecule has 2 aromatic carbocycles. The molecule has 0 aromatic heterocycles. The Balaban J connectivity index is 0.00000162. The number of hydrogen-bond acceptors (Lipinski definition) is 1. The van der Waals surface area contributed by atoms with Gasteiger partial charge in [-0.25, -0.2) is 0 Å². The second-order valence-electron chi connectivity index (χ2n) is 5.35. The van der Waals surface area contributed by atoms with Crippen molar-refractivity contribution in [2.45, 2.75) is 26.2 Å². The molecule has 88 valence electrons. The van der Waals surface area contributed by atoms with Crippen LogP contribution in [-0.4, -0.2) is 0 Å². The molecule has 0 fully saturated rings. The van der Waals surface area contributed by atoms with Crippen molar-refractivity contribution in [3.05, 3.63) is 54.1 Å². The van der Waals surface area contributed by atoms with Crippen LogP contribution in [0.2, 0.25) is 0 Å². The van der Waals surface area contributed by atoms with Gasteiger partial charge in [-0.15, -0.1) is 5.75 Å². The summed E-state index contributed by atoms with van der Waals surface area (Å²) in [6.07, 6.45) is 0. The third-order valence-corrected chi connectivity index (χ3v) is 2.94. The molecule has 0 aliphatic carbocycles. The van der Waals surface area contributed by atoms with Crippen LogP contribution >= 0.6 is 0 Å². The van der Waals surface area contributed by atoms with Gasteiger partial charge in [0.25, 0.3) is 0 Å². The van der Waals surface area contributed by atoms with Gasteiger partial charge in [0.1, 0.15) is 0 Å². The van der Waals surface area contributed by atoms with E-state index in [2.05, 4.69) is 45.0 Å². The van der Waals surface area contributed by atoms with E-state index in [1.165, 1.54) is 5.56 Å². The fraction of sp³-hybridized carbons (Fsp3) is 0.250. The molecule has 0 saturated heterocycles. The molecule has 0 bridgehead atoms. The van der Waals surface area contributed by atoms with Crippen molar-refractivity contribution in [1.29, 1.82) is 0 Å². The molecule has 0 N–H and O–H groups in total. The van der Waals surface area contributed by atoms with Crippen molar-refractivity contribution < 1.29 is 34.7 Å². The van der Waals surface area contributed by atoms with Crippen LogP contribution < -0.4 is 34.7 Å². The summed E-state index contributed by atoms with van der Waals surface area (Å²) < 4.78 is 0.